The molecule has 0 bridgehead atoms. The molecule has 33 heavy (non-hydrogen) atoms. The van der Waals surface area contributed by atoms with Crippen molar-refractivity contribution in [2.75, 3.05) is 7.11 Å². The first kappa shape index (κ1) is 24.9. The monoisotopic (exact) mass is 450 g/mol. The van der Waals surface area contributed by atoms with Crippen LogP contribution >= 0.6 is 0 Å². The van der Waals surface area contributed by atoms with Crippen molar-refractivity contribution in [3.8, 4) is 5.75 Å². The van der Waals surface area contributed by atoms with Gasteiger partial charge in [0.15, 0.2) is 0 Å². The lowest BCUT2D eigenvalue weighted by Crippen LogP contribution is -2.25. The lowest BCUT2D eigenvalue weighted by Gasteiger charge is -2.37. The predicted octanol–water partition coefficient (Wildman–Crippen LogP) is 9.72. The summed E-state index contributed by atoms with van der Waals surface area (Å²) in [5, 5.41) is 0. The lowest BCUT2D eigenvalue weighted by atomic mass is 9.68. The Morgan fingerprint density at radius 1 is 0.697 bits per heavy atom. The van der Waals surface area contributed by atoms with E-state index in [1.807, 2.05) is 0 Å². The van der Waals surface area contributed by atoms with E-state index in [1.54, 1.807) is 20.0 Å². The number of allylic oxidation sites excluding steroid dienone is 2. The normalized spacial score (nSPS) is 33.3. The molecule has 0 heterocycles. The van der Waals surface area contributed by atoms with Gasteiger partial charge in [-0.1, -0.05) is 69.7 Å². The minimum absolute atomic E-state index is 0.748. The number of benzene rings is 1. The molecule has 1 nitrogen and oxygen atoms in total. The summed E-state index contributed by atoms with van der Waals surface area (Å²) in [6.45, 7) is 2.33. The topological polar surface area (TPSA) is 9.23 Å². The Hall–Kier alpha value is -1.24. The summed E-state index contributed by atoms with van der Waals surface area (Å²) in [4.78, 5) is 0. The predicted molar refractivity (Wildman–Crippen MR) is 142 cm³/mol. The Kier molecular flexibility index (Phi) is 9.81. The molecule has 3 fully saturated rings. The van der Waals surface area contributed by atoms with Crippen LogP contribution in [0.25, 0.3) is 0 Å². The summed E-state index contributed by atoms with van der Waals surface area (Å²) in [6.07, 6.45) is 28.6. The maximum Gasteiger partial charge on any atom is 0.118 e. The molecule has 0 atom stereocenters. The summed E-state index contributed by atoms with van der Waals surface area (Å²) >= 11 is 0. The number of hydrogen-bond donors (Lipinski definition) is 0. The van der Waals surface area contributed by atoms with Crippen LogP contribution in [0.1, 0.15) is 121 Å². The van der Waals surface area contributed by atoms with Gasteiger partial charge in [0.25, 0.3) is 0 Å². The fourth-order valence-electron chi connectivity index (χ4n) is 7.28. The van der Waals surface area contributed by atoms with Crippen LogP contribution in [-0.4, -0.2) is 7.11 Å². The van der Waals surface area contributed by atoms with E-state index in [-0.39, 0.29) is 0 Å². The highest BCUT2D eigenvalue weighted by Gasteiger charge is 2.30. The third-order valence-electron chi connectivity index (χ3n) is 9.60. The molecule has 184 valence electrons. The number of methoxy groups -OCH3 is 1. The molecule has 3 aliphatic rings. The molecule has 0 aromatic heterocycles. The van der Waals surface area contributed by atoms with Crippen LogP contribution in [0.15, 0.2) is 36.4 Å². The van der Waals surface area contributed by atoms with Gasteiger partial charge >= 0.3 is 0 Å². The lowest BCUT2D eigenvalue weighted by molar-refractivity contribution is 0.151. The first-order chi connectivity index (χ1) is 16.2. The molecule has 4 rings (SSSR count). The fraction of sp³-hybridized carbons (Fsp3) is 0.750. The van der Waals surface area contributed by atoms with Crippen molar-refractivity contribution in [2.24, 2.45) is 29.6 Å². The van der Waals surface area contributed by atoms with Crippen LogP contribution < -0.4 is 4.74 Å². The Morgan fingerprint density at radius 3 is 1.79 bits per heavy atom. The largest absolute Gasteiger partial charge is 0.497 e. The van der Waals surface area contributed by atoms with Crippen molar-refractivity contribution < 1.29 is 4.74 Å². The highest BCUT2D eigenvalue weighted by Crippen LogP contribution is 2.43. The van der Waals surface area contributed by atoms with Crippen LogP contribution in [0.5, 0.6) is 5.75 Å². The van der Waals surface area contributed by atoms with E-state index in [0.29, 0.717) is 0 Å². The Balaban J connectivity index is 1.12. The van der Waals surface area contributed by atoms with Crippen molar-refractivity contribution in [2.45, 2.75) is 116 Å². The van der Waals surface area contributed by atoms with Crippen LogP contribution in [-0.2, 0) is 0 Å². The molecule has 0 unspecified atom stereocenters. The standard InChI is InChI=1S/C32H50O/c1-3-4-5-6-25-9-15-28(16-10-25)29-17-11-26(12-18-29)7-8-27-13-19-30(20-14-27)31-21-23-32(33-2)24-22-31/h7-8,21-30H,3-6,9-20H2,1-2H3/b8-7+. The van der Waals surface area contributed by atoms with Gasteiger partial charge in [-0.2, -0.15) is 0 Å². The second-order valence-electron chi connectivity index (χ2n) is 11.7. The molecule has 0 aliphatic heterocycles. The quantitative estimate of drug-likeness (QED) is 0.269. The third kappa shape index (κ3) is 7.37. The number of rotatable bonds is 9. The van der Waals surface area contributed by atoms with Crippen molar-refractivity contribution >= 4 is 0 Å². The van der Waals surface area contributed by atoms with Gasteiger partial charge in [0.05, 0.1) is 7.11 Å². The molecule has 0 N–H and O–H groups in total. The maximum atomic E-state index is 5.32. The van der Waals surface area contributed by atoms with Crippen LogP contribution in [0.2, 0.25) is 0 Å². The molecule has 0 saturated heterocycles. The first-order valence-electron chi connectivity index (χ1n) is 14.6. The number of unbranched alkanes of at least 4 members (excludes halogenated alkanes) is 2. The average molecular weight is 451 g/mol. The molecule has 1 aromatic rings. The molecule has 0 radical (unpaired) electrons. The summed E-state index contributed by atoms with van der Waals surface area (Å²) in [5.41, 5.74) is 1.51. The van der Waals surface area contributed by atoms with Gasteiger partial charge in [-0.25, -0.2) is 0 Å². The molecule has 0 amide bonds. The molecule has 3 aliphatic carbocycles. The second kappa shape index (κ2) is 13.0. The average Bonchev–Trinajstić information content (AvgIpc) is 2.89. The SMILES string of the molecule is CCCCCC1CCC(C2CCC(/C=C/C3CCC(c4ccc(OC)cc4)CC3)CC2)CC1. The van der Waals surface area contributed by atoms with Gasteiger partial charge in [0.2, 0.25) is 0 Å². The van der Waals surface area contributed by atoms with Gasteiger partial charge in [0, 0.05) is 0 Å². The fourth-order valence-corrected chi connectivity index (χ4v) is 7.28. The van der Waals surface area contributed by atoms with Crippen LogP contribution in [0.4, 0.5) is 0 Å². The second-order valence-corrected chi connectivity index (χ2v) is 11.7. The molecule has 0 spiro atoms. The van der Waals surface area contributed by atoms with E-state index < -0.39 is 0 Å². The van der Waals surface area contributed by atoms with Gasteiger partial charge in [-0.3, -0.25) is 0 Å². The summed E-state index contributed by atoms with van der Waals surface area (Å²) in [7, 11) is 1.75. The number of ether oxygens (including phenoxy) is 1. The van der Waals surface area contributed by atoms with E-state index >= 15 is 0 Å². The van der Waals surface area contributed by atoms with E-state index in [9.17, 15) is 0 Å². The van der Waals surface area contributed by atoms with Gasteiger partial charge in [-0.15, -0.1) is 0 Å². The minimum Gasteiger partial charge on any atom is -0.497 e. The zero-order chi connectivity index (χ0) is 22.9. The highest BCUT2D eigenvalue weighted by molar-refractivity contribution is 5.29. The maximum absolute atomic E-state index is 5.32. The van der Waals surface area contributed by atoms with Crippen molar-refractivity contribution in [3.05, 3.63) is 42.0 Å². The van der Waals surface area contributed by atoms with Crippen LogP contribution in [0, 0.1) is 29.6 Å². The van der Waals surface area contributed by atoms with Crippen LogP contribution in [0.3, 0.4) is 0 Å². The smallest absolute Gasteiger partial charge is 0.118 e. The third-order valence-corrected chi connectivity index (χ3v) is 9.60. The zero-order valence-corrected chi connectivity index (χ0v) is 21.7. The van der Waals surface area contributed by atoms with Crippen molar-refractivity contribution in [1.29, 1.82) is 0 Å². The Labute approximate surface area is 204 Å². The van der Waals surface area contributed by atoms with Gasteiger partial charge in [-0.05, 0) is 117 Å². The molecule has 1 heteroatoms. The van der Waals surface area contributed by atoms with Gasteiger partial charge < -0.3 is 4.74 Å². The zero-order valence-electron chi connectivity index (χ0n) is 21.7. The van der Waals surface area contributed by atoms with E-state index in [1.165, 1.54) is 95.5 Å². The Bertz CT molecular complexity index is 680. The van der Waals surface area contributed by atoms with Crippen molar-refractivity contribution in [1.82, 2.24) is 0 Å². The summed E-state index contributed by atoms with van der Waals surface area (Å²) < 4.78 is 5.32. The molecular weight excluding hydrogens is 400 g/mol. The van der Waals surface area contributed by atoms with Crippen molar-refractivity contribution in [3.63, 3.8) is 0 Å². The van der Waals surface area contributed by atoms with E-state index in [4.69, 9.17) is 4.74 Å². The first-order valence-corrected chi connectivity index (χ1v) is 14.6. The minimum atomic E-state index is 0.748. The summed E-state index contributed by atoms with van der Waals surface area (Å²) in [6, 6.07) is 8.79. The number of hydrogen-bond acceptors (Lipinski definition) is 1. The molecule has 3 saturated carbocycles. The van der Waals surface area contributed by atoms with E-state index in [0.717, 1.165) is 41.3 Å². The highest BCUT2D eigenvalue weighted by atomic mass is 16.5. The molecular formula is C32H50O. The van der Waals surface area contributed by atoms with E-state index in [2.05, 4.69) is 43.3 Å². The summed E-state index contributed by atoms with van der Waals surface area (Å²) in [5.74, 6) is 6.58. The Morgan fingerprint density at radius 2 is 1.24 bits per heavy atom. The molecule has 1 aromatic carbocycles. The van der Waals surface area contributed by atoms with Gasteiger partial charge in [0.1, 0.15) is 5.75 Å².